The van der Waals surface area contributed by atoms with E-state index in [-0.39, 0.29) is 18.7 Å². The lowest BCUT2D eigenvalue weighted by Crippen LogP contribution is -2.58. The summed E-state index contributed by atoms with van der Waals surface area (Å²) in [6.45, 7) is 1.15. The zero-order valence-electron chi connectivity index (χ0n) is 22.1. The monoisotopic (exact) mass is 537 g/mol. The fourth-order valence-electron chi connectivity index (χ4n) is 8.22. The van der Waals surface area contributed by atoms with Gasteiger partial charge in [0.05, 0.1) is 11.1 Å². The largest absolute Gasteiger partial charge is 0.311 e. The molecule has 1 atom stereocenters. The molecule has 8 heteroatoms. The average molecular weight is 538 g/mol. The van der Waals surface area contributed by atoms with E-state index < -0.39 is 23.8 Å². The Labute approximate surface area is 229 Å². The Morgan fingerprint density at radius 1 is 0.895 bits per heavy atom. The lowest BCUT2D eigenvalue weighted by molar-refractivity contribution is -0.136. The van der Waals surface area contributed by atoms with E-state index in [1.54, 1.807) is 23.9 Å². The van der Waals surface area contributed by atoms with Crippen molar-refractivity contribution in [3.63, 3.8) is 0 Å². The van der Waals surface area contributed by atoms with Crippen molar-refractivity contribution in [3.05, 3.63) is 29.3 Å². The number of rotatable bonds is 11. The van der Waals surface area contributed by atoms with Crippen LogP contribution >= 0.6 is 11.8 Å². The number of amides is 4. The van der Waals surface area contributed by atoms with Crippen LogP contribution in [-0.2, 0) is 9.59 Å². The number of imide groups is 2. The van der Waals surface area contributed by atoms with Crippen molar-refractivity contribution in [3.8, 4) is 0 Å². The molecule has 2 N–H and O–H groups in total. The number of hydrogen-bond acceptors (Lipinski definition) is 6. The molecule has 1 unspecified atom stereocenters. The van der Waals surface area contributed by atoms with Gasteiger partial charge in [-0.15, -0.1) is 11.8 Å². The van der Waals surface area contributed by atoms with E-state index in [1.807, 2.05) is 6.07 Å². The van der Waals surface area contributed by atoms with Crippen LogP contribution in [0.25, 0.3) is 0 Å². The third-order valence-corrected chi connectivity index (χ3v) is 10.7. The van der Waals surface area contributed by atoms with E-state index in [4.69, 9.17) is 0 Å². The van der Waals surface area contributed by atoms with Gasteiger partial charge < -0.3 is 5.32 Å². The Hall–Kier alpha value is -2.19. The van der Waals surface area contributed by atoms with Gasteiger partial charge in [-0.3, -0.25) is 29.4 Å². The molecule has 204 valence electrons. The predicted octanol–water partition coefficient (Wildman–Crippen LogP) is 4.69. The zero-order chi connectivity index (χ0) is 26.3. The molecule has 1 aromatic rings. The Balaban J connectivity index is 0.923. The quantitative estimate of drug-likeness (QED) is 0.242. The summed E-state index contributed by atoms with van der Waals surface area (Å²) < 4.78 is 0. The fourth-order valence-corrected chi connectivity index (χ4v) is 9.31. The smallest absolute Gasteiger partial charge is 0.263 e. The van der Waals surface area contributed by atoms with Crippen molar-refractivity contribution >= 4 is 35.4 Å². The van der Waals surface area contributed by atoms with Crippen LogP contribution in [0, 0.1) is 17.8 Å². The number of hydrogen-bond donors (Lipinski definition) is 2. The number of unbranched alkanes of at least 4 members (excludes halogenated alkanes) is 4. The second-order valence-corrected chi connectivity index (χ2v) is 13.5. The van der Waals surface area contributed by atoms with Gasteiger partial charge in [0.1, 0.15) is 6.04 Å². The van der Waals surface area contributed by atoms with Gasteiger partial charge in [-0.2, -0.15) is 0 Å². The first-order chi connectivity index (χ1) is 18.4. The minimum Gasteiger partial charge on any atom is -0.311 e. The van der Waals surface area contributed by atoms with Gasteiger partial charge in [0.2, 0.25) is 11.8 Å². The Kier molecular flexibility index (Phi) is 7.38. The first-order valence-electron chi connectivity index (χ1n) is 14.6. The maximum atomic E-state index is 13.2. The summed E-state index contributed by atoms with van der Waals surface area (Å²) in [5.74, 6) is 2.07. The van der Waals surface area contributed by atoms with Crippen molar-refractivity contribution in [1.82, 2.24) is 15.5 Å². The molecule has 0 radical (unpaired) electrons. The summed E-state index contributed by atoms with van der Waals surface area (Å²) in [5.41, 5.74) is 1.23. The van der Waals surface area contributed by atoms with Gasteiger partial charge >= 0.3 is 0 Å². The van der Waals surface area contributed by atoms with Crippen molar-refractivity contribution in [1.29, 1.82) is 0 Å². The Bertz CT molecular complexity index is 1100. The first-order valence-corrected chi connectivity index (χ1v) is 15.6. The molecule has 0 spiro atoms. The number of piperidine rings is 1. The lowest BCUT2D eigenvalue weighted by Gasteiger charge is -2.57. The molecule has 7 rings (SSSR count). The second-order valence-electron chi connectivity index (χ2n) is 12.4. The molecule has 4 saturated carbocycles. The van der Waals surface area contributed by atoms with Crippen LogP contribution in [0.5, 0.6) is 0 Å². The minimum absolute atomic E-state index is 0.129. The van der Waals surface area contributed by atoms with E-state index in [2.05, 4.69) is 10.6 Å². The minimum atomic E-state index is -0.921. The van der Waals surface area contributed by atoms with E-state index in [9.17, 15) is 19.2 Å². The van der Waals surface area contributed by atoms with Crippen LogP contribution < -0.4 is 10.6 Å². The summed E-state index contributed by atoms with van der Waals surface area (Å²) in [4.78, 5) is 51.9. The average Bonchev–Trinajstić information content (AvgIpc) is 3.12. The molecule has 5 fully saturated rings. The van der Waals surface area contributed by atoms with Crippen LogP contribution in [0.15, 0.2) is 23.1 Å². The molecule has 0 aromatic heterocycles. The molecule has 4 amide bonds. The summed E-state index contributed by atoms with van der Waals surface area (Å²) >= 11 is 1.62. The molecular weight excluding hydrogens is 498 g/mol. The molecule has 2 aliphatic heterocycles. The van der Waals surface area contributed by atoms with Crippen LogP contribution in [0.4, 0.5) is 0 Å². The summed E-state index contributed by atoms with van der Waals surface area (Å²) in [5, 5.41) is 6.26. The number of thioether (sulfide) groups is 1. The van der Waals surface area contributed by atoms with Gasteiger partial charge in [0.25, 0.3) is 11.8 Å². The molecule has 2 heterocycles. The highest BCUT2D eigenvalue weighted by Gasteiger charge is 2.50. The van der Waals surface area contributed by atoms with Gasteiger partial charge in [-0.1, -0.05) is 25.3 Å². The van der Waals surface area contributed by atoms with Gasteiger partial charge in [-0.05, 0) is 100.0 Å². The zero-order valence-corrected chi connectivity index (χ0v) is 23.0. The van der Waals surface area contributed by atoms with Crippen molar-refractivity contribution in [2.45, 2.75) is 99.9 Å². The van der Waals surface area contributed by atoms with Crippen molar-refractivity contribution in [2.75, 3.05) is 12.3 Å². The molecule has 7 nitrogen and oxygen atoms in total. The van der Waals surface area contributed by atoms with Crippen LogP contribution in [0.2, 0.25) is 0 Å². The highest BCUT2D eigenvalue weighted by molar-refractivity contribution is 7.99. The van der Waals surface area contributed by atoms with Crippen LogP contribution in [0.1, 0.15) is 104 Å². The normalized spacial score (nSPS) is 31.7. The summed E-state index contributed by atoms with van der Waals surface area (Å²) in [7, 11) is 0. The topological polar surface area (TPSA) is 95.6 Å². The third kappa shape index (κ3) is 5.06. The molecule has 1 saturated heterocycles. The number of carbonyl (C=O) groups is 4. The van der Waals surface area contributed by atoms with Crippen molar-refractivity contribution < 1.29 is 19.2 Å². The maximum absolute atomic E-state index is 13.2. The van der Waals surface area contributed by atoms with Gasteiger partial charge in [0.15, 0.2) is 0 Å². The standard InChI is InChI=1S/C30H39N3O4S/c34-25-10-9-23(27(35)32-25)33-28(36)22-7-6-8-24(26(22)29(33)37)38-12-5-3-1-2-4-11-31-30-16-19-13-20(17-30)15-21(14-19)18-30/h6-8,19-21,23,31H,1-5,9-18H2,(H,32,34,35). The second kappa shape index (κ2) is 10.8. The van der Waals surface area contributed by atoms with E-state index in [0.717, 1.165) is 52.7 Å². The fraction of sp³-hybridized carbons (Fsp3) is 0.667. The molecule has 38 heavy (non-hydrogen) atoms. The van der Waals surface area contributed by atoms with E-state index >= 15 is 0 Å². The Morgan fingerprint density at radius 2 is 1.58 bits per heavy atom. The number of nitrogens with zero attached hydrogens (tertiary/aromatic N) is 1. The summed E-state index contributed by atoms with van der Waals surface area (Å²) in [6, 6.07) is 4.43. The number of benzene rings is 1. The van der Waals surface area contributed by atoms with Crippen LogP contribution in [0.3, 0.4) is 0 Å². The molecule has 6 aliphatic rings. The van der Waals surface area contributed by atoms with Crippen LogP contribution in [-0.4, -0.2) is 52.4 Å². The van der Waals surface area contributed by atoms with Gasteiger partial charge in [0, 0.05) is 16.9 Å². The maximum Gasteiger partial charge on any atom is 0.263 e. The molecule has 4 aliphatic carbocycles. The van der Waals surface area contributed by atoms with Crippen molar-refractivity contribution in [2.24, 2.45) is 17.8 Å². The molecule has 4 bridgehead atoms. The highest BCUT2D eigenvalue weighted by Crippen LogP contribution is 2.55. The SMILES string of the molecule is O=C1CCC(N2C(=O)c3cccc(SCCCCCCCNC45CC6CC(CC(C6)C4)C5)c3C2=O)C(=O)N1. The molecule has 1 aromatic carbocycles. The van der Waals surface area contributed by atoms with E-state index in [1.165, 1.54) is 57.8 Å². The number of fused-ring (bicyclic) bond motifs is 1. The van der Waals surface area contributed by atoms with Gasteiger partial charge in [-0.25, -0.2) is 0 Å². The summed E-state index contributed by atoms with van der Waals surface area (Å²) in [6.07, 6.45) is 15.0. The predicted molar refractivity (Wildman–Crippen MR) is 146 cm³/mol. The Morgan fingerprint density at radius 3 is 2.29 bits per heavy atom. The highest BCUT2D eigenvalue weighted by atomic mass is 32.2. The first kappa shape index (κ1) is 26.1. The lowest BCUT2D eigenvalue weighted by atomic mass is 9.53. The third-order valence-electron chi connectivity index (χ3n) is 9.55. The number of carbonyl (C=O) groups excluding carboxylic acids is 4. The van der Waals surface area contributed by atoms with E-state index in [0.29, 0.717) is 16.7 Å². The molecular formula is C30H39N3O4S. The number of nitrogens with one attached hydrogen (secondary N) is 2.